The van der Waals surface area contributed by atoms with Crippen LogP contribution >= 0.6 is 0 Å². The Balaban J connectivity index is 2.55. The molecule has 1 heterocycles. The molecule has 1 aliphatic rings. The van der Waals surface area contributed by atoms with Crippen molar-refractivity contribution in [2.75, 3.05) is 0 Å². The van der Waals surface area contributed by atoms with Gasteiger partial charge in [0.05, 0.1) is 17.9 Å². The summed E-state index contributed by atoms with van der Waals surface area (Å²) < 4.78 is 10.2. The molecular formula is C10H16O4. The van der Waals surface area contributed by atoms with E-state index in [0.29, 0.717) is 18.4 Å². The van der Waals surface area contributed by atoms with E-state index >= 15 is 0 Å². The molecule has 0 saturated carbocycles. The molecule has 1 N–H and O–H groups in total. The topological polar surface area (TPSA) is 55.8 Å². The third-order valence-corrected chi connectivity index (χ3v) is 1.92. The summed E-state index contributed by atoms with van der Waals surface area (Å²) in [7, 11) is 0. The number of hydrogen-bond acceptors (Lipinski definition) is 4. The summed E-state index contributed by atoms with van der Waals surface area (Å²) in [5.74, 6) is -1.23. The van der Waals surface area contributed by atoms with Gasteiger partial charge in [0.2, 0.25) is 5.79 Å². The molecular weight excluding hydrogens is 184 g/mol. The van der Waals surface area contributed by atoms with Gasteiger partial charge in [0, 0.05) is 13.8 Å². The Morgan fingerprint density at radius 1 is 1.57 bits per heavy atom. The second-order valence-corrected chi connectivity index (χ2v) is 3.94. The number of esters is 1. The molecule has 1 aliphatic heterocycles. The van der Waals surface area contributed by atoms with Crippen LogP contribution in [0, 0.1) is 0 Å². The Morgan fingerprint density at radius 3 is 2.71 bits per heavy atom. The minimum absolute atomic E-state index is 0.359. The van der Waals surface area contributed by atoms with Crippen LogP contribution in [0.4, 0.5) is 0 Å². The van der Waals surface area contributed by atoms with Crippen LogP contribution in [0.5, 0.6) is 0 Å². The largest absolute Gasteiger partial charge is 0.460 e. The fourth-order valence-corrected chi connectivity index (χ4v) is 1.10. The molecule has 0 radical (unpaired) electrons. The maximum absolute atomic E-state index is 11.4. The molecule has 14 heavy (non-hydrogen) atoms. The van der Waals surface area contributed by atoms with E-state index < -0.39 is 11.9 Å². The lowest BCUT2D eigenvalue weighted by Gasteiger charge is -2.29. The van der Waals surface area contributed by atoms with Gasteiger partial charge in [0.25, 0.3) is 0 Å². The number of aliphatic hydroxyl groups excluding tert-OH is 1. The minimum atomic E-state index is -0.870. The van der Waals surface area contributed by atoms with E-state index in [1.165, 1.54) is 6.26 Å². The summed E-state index contributed by atoms with van der Waals surface area (Å²) >= 11 is 0. The lowest BCUT2D eigenvalue weighted by molar-refractivity contribution is -0.201. The second-order valence-electron chi connectivity index (χ2n) is 3.94. The van der Waals surface area contributed by atoms with Crippen molar-refractivity contribution in [2.24, 2.45) is 0 Å². The average molecular weight is 200 g/mol. The maximum Gasteiger partial charge on any atom is 0.340 e. The zero-order valence-electron chi connectivity index (χ0n) is 8.74. The molecule has 0 aromatic rings. The zero-order chi connectivity index (χ0) is 10.8. The van der Waals surface area contributed by atoms with Gasteiger partial charge in [-0.05, 0) is 19.8 Å². The number of hydrogen-bond donors (Lipinski definition) is 1. The van der Waals surface area contributed by atoms with Crippen LogP contribution in [0.15, 0.2) is 11.8 Å². The molecule has 0 spiro atoms. The van der Waals surface area contributed by atoms with Crippen LogP contribution in [-0.4, -0.2) is 23.0 Å². The third kappa shape index (κ3) is 3.03. The summed E-state index contributed by atoms with van der Waals surface area (Å²) in [6, 6.07) is 0. The van der Waals surface area contributed by atoms with Gasteiger partial charge in [-0.3, -0.25) is 0 Å². The average Bonchev–Trinajstić information content (AvgIpc) is 2.00. The van der Waals surface area contributed by atoms with E-state index in [-0.39, 0.29) is 5.97 Å². The molecule has 4 heteroatoms. The number of aliphatic hydroxyl groups is 1. The van der Waals surface area contributed by atoms with Crippen LogP contribution in [-0.2, 0) is 14.3 Å². The van der Waals surface area contributed by atoms with E-state index in [9.17, 15) is 4.79 Å². The van der Waals surface area contributed by atoms with Gasteiger partial charge in [-0.25, -0.2) is 4.79 Å². The molecule has 0 amide bonds. The number of ether oxygens (including phenoxy) is 2. The second kappa shape index (κ2) is 4.00. The monoisotopic (exact) mass is 200 g/mol. The van der Waals surface area contributed by atoms with E-state index in [1.54, 1.807) is 20.8 Å². The molecule has 0 bridgehead atoms. The zero-order valence-corrected chi connectivity index (χ0v) is 8.74. The van der Waals surface area contributed by atoms with E-state index in [1.807, 2.05) is 0 Å². The van der Waals surface area contributed by atoms with Gasteiger partial charge in [-0.15, -0.1) is 0 Å². The number of carbonyl (C=O) groups is 1. The van der Waals surface area contributed by atoms with Crippen LogP contribution in [0.25, 0.3) is 0 Å². The van der Waals surface area contributed by atoms with Crippen LogP contribution in [0.2, 0.25) is 0 Å². The summed E-state index contributed by atoms with van der Waals surface area (Å²) in [5, 5.41) is 9.05. The van der Waals surface area contributed by atoms with Crippen molar-refractivity contribution in [1.82, 2.24) is 0 Å². The summed E-state index contributed by atoms with van der Waals surface area (Å²) in [4.78, 5) is 11.4. The van der Waals surface area contributed by atoms with Crippen molar-refractivity contribution >= 4 is 5.97 Å². The highest BCUT2D eigenvalue weighted by Gasteiger charge is 2.30. The van der Waals surface area contributed by atoms with Crippen molar-refractivity contribution in [3.8, 4) is 0 Å². The third-order valence-electron chi connectivity index (χ3n) is 1.92. The van der Waals surface area contributed by atoms with E-state index in [4.69, 9.17) is 14.6 Å². The van der Waals surface area contributed by atoms with Gasteiger partial charge in [0.1, 0.15) is 0 Å². The number of cyclic esters (lactones) is 1. The molecule has 1 rings (SSSR count). The van der Waals surface area contributed by atoms with Gasteiger partial charge in [-0.2, -0.15) is 0 Å². The molecule has 0 aromatic heterocycles. The predicted octanol–water partition coefficient (Wildman–Crippen LogP) is 1.34. The summed E-state index contributed by atoms with van der Waals surface area (Å²) in [6.07, 6.45) is 2.02. The van der Waals surface area contributed by atoms with Crippen molar-refractivity contribution in [3.05, 3.63) is 11.8 Å². The molecule has 0 fully saturated rings. The predicted molar refractivity (Wildman–Crippen MR) is 50.3 cm³/mol. The van der Waals surface area contributed by atoms with Crippen molar-refractivity contribution in [3.63, 3.8) is 0 Å². The normalized spacial score (nSPS) is 22.0. The maximum atomic E-state index is 11.4. The Bertz CT molecular complexity index is 253. The quantitative estimate of drug-likeness (QED) is 0.698. The molecule has 0 aliphatic carbocycles. The number of rotatable bonds is 3. The highest BCUT2D eigenvalue weighted by Crippen LogP contribution is 2.23. The summed E-state index contributed by atoms with van der Waals surface area (Å²) in [6.45, 7) is 5.03. The molecule has 1 atom stereocenters. The number of carbonyl (C=O) groups excluding carboxylic acids is 1. The Morgan fingerprint density at radius 2 is 2.21 bits per heavy atom. The van der Waals surface area contributed by atoms with Crippen LogP contribution < -0.4 is 0 Å². The van der Waals surface area contributed by atoms with E-state index in [0.717, 1.165) is 0 Å². The minimum Gasteiger partial charge on any atom is -0.460 e. The molecule has 80 valence electrons. The fraction of sp³-hybridized carbons (Fsp3) is 0.700. The lowest BCUT2D eigenvalue weighted by atomic mass is 10.1. The van der Waals surface area contributed by atoms with Crippen molar-refractivity contribution in [2.45, 2.75) is 45.5 Å². The molecule has 1 unspecified atom stereocenters. The first-order valence-corrected chi connectivity index (χ1v) is 4.69. The van der Waals surface area contributed by atoms with E-state index in [2.05, 4.69) is 0 Å². The van der Waals surface area contributed by atoms with Gasteiger partial charge >= 0.3 is 5.97 Å². The Kier molecular flexibility index (Phi) is 3.16. The molecule has 0 aromatic carbocycles. The van der Waals surface area contributed by atoms with Crippen molar-refractivity contribution < 1.29 is 19.4 Å². The van der Waals surface area contributed by atoms with Gasteiger partial charge < -0.3 is 14.6 Å². The highest BCUT2D eigenvalue weighted by molar-refractivity contribution is 5.88. The molecule has 0 saturated heterocycles. The first-order valence-electron chi connectivity index (χ1n) is 4.69. The van der Waals surface area contributed by atoms with Crippen molar-refractivity contribution in [1.29, 1.82) is 0 Å². The fourth-order valence-electron chi connectivity index (χ4n) is 1.10. The van der Waals surface area contributed by atoms with Crippen LogP contribution in [0.1, 0.15) is 33.6 Å². The van der Waals surface area contributed by atoms with Gasteiger partial charge in [0.15, 0.2) is 0 Å². The first-order chi connectivity index (χ1) is 6.41. The van der Waals surface area contributed by atoms with Crippen LogP contribution in [0.3, 0.4) is 0 Å². The highest BCUT2D eigenvalue weighted by atomic mass is 16.7. The molecule has 4 nitrogen and oxygen atoms in total. The SMILES string of the molecule is CC(O)CCC1=COC(C)(C)OC1=O. The Hall–Kier alpha value is -1.03. The van der Waals surface area contributed by atoms with Gasteiger partial charge in [-0.1, -0.05) is 0 Å². The lowest BCUT2D eigenvalue weighted by Crippen LogP contribution is -2.34. The smallest absolute Gasteiger partial charge is 0.340 e. The standard InChI is InChI=1S/C10H16O4/c1-7(11)4-5-8-6-13-10(2,3)14-9(8)12/h6-7,11H,4-5H2,1-3H3. The summed E-state index contributed by atoms with van der Waals surface area (Å²) in [5.41, 5.74) is 0.477. The Labute approximate surface area is 83.5 Å². The first kappa shape index (κ1) is 11.0.